The number of hydrogen-bond acceptors (Lipinski definition) is 4. The molecule has 3 aromatic rings. The highest BCUT2D eigenvalue weighted by atomic mass is 19.1. The van der Waals surface area contributed by atoms with Gasteiger partial charge in [-0.25, -0.2) is 8.78 Å². The lowest BCUT2D eigenvalue weighted by atomic mass is 10.0. The number of carbonyl (C=O) groups is 2. The largest absolute Gasteiger partial charge is 0.497 e. The fourth-order valence-corrected chi connectivity index (χ4v) is 4.49. The molecule has 2 amide bonds. The summed E-state index contributed by atoms with van der Waals surface area (Å²) in [7, 11) is 1.42. The number of carbonyl (C=O) groups excluding carboxylic acids is 2. The van der Waals surface area contributed by atoms with Gasteiger partial charge in [-0.1, -0.05) is 30.3 Å². The molecule has 6 nitrogen and oxygen atoms in total. The number of methoxy groups -OCH3 is 1. The third kappa shape index (κ3) is 5.32. The van der Waals surface area contributed by atoms with Crippen LogP contribution in [-0.4, -0.2) is 53.9 Å². The molecule has 36 heavy (non-hydrogen) atoms. The Labute approximate surface area is 209 Å². The van der Waals surface area contributed by atoms with Crippen molar-refractivity contribution >= 4 is 11.8 Å². The molecule has 1 saturated heterocycles. The molecule has 3 aromatic carbocycles. The smallest absolute Gasteiger partial charge is 0.257 e. The van der Waals surface area contributed by atoms with E-state index in [9.17, 15) is 18.4 Å². The molecule has 1 aliphatic heterocycles. The molecule has 0 N–H and O–H groups in total. The molecule has 0 spiro atoms. The number of hydrogen-bond donors (Lipinski definition) is 0. The Bertz CT molecular complexity index is 1240. The lowest BCUT2D eigenvalue weighted by Crippen LogP contribution is -2.60. The van der Waals surface area contributed by atoms with E-state index in [0.29, 0.717) is 11.5 Å². The average molecular weight is 495 g/mol. The third-order valence-corrected chi connectivity index (χ3v) is 6.27. The topological polar surface area (TPSA) is 59.1 Å². The summed E-state index contributed by atoms with van der Waals surface area (Å²) in [5, 5.41) is 0. The number of nitrogens with zero attached hydrogens (tertiary/aromatic N) is 2. The van der Waals surface area contributed by atoms with Crippen LogP contribution in [-0.2, 0) is 6.61 Å². The minimum atomic E-state index is -0.677. The van der Waals surface area contributed by atoms with Crippen LogP contribution in [0.25, 0.3) is 0 Å². The van der Waals surface area contributed by atoms with Gasteiger partial charge < -0.3 is 19.3 Å². The van der Waals surface area contributed by atoms with Gasteiger partial charge in [0.2, 0.25) is 0 Å². The van der Waals surface area contributed by atoms with Crippen molar-refractivity contribution in [1.82, 2.24) is 9.80 Å². The molecule has 188 valence electrons. The predicted octanol–water partition coefficient (Wildman–Crippen LogP) is 4.93. The molecule has 1 fully saturated rings. The van der Waals surface area contributed by atoms with Crippen LogP contribution in [0.4, 0.5) is 8.78 Å². The Balaban J connectivity index is 1.44. The highest BCUT2D eigenvalue weighted by Crippen LogP contribution is 2.25. The minimum absolute atomic E-state index is 0.0629. The van der Waals surface area contributed by atoms with Crippen LogP contribution >= 0.6 is 0 Å². The van der Waals surface area contributed by atoms with E-state index >= 15 is 0 Å². The monoisotopic (exact) mass is 494 g/mol. The lowest BCUT2D eigenvalue weighted by Gasteiger charge is -2.44. The quantitative estimate of drug-likeness (QED) is 0.488. The first-order valence-corrected chi connectivity index (χ1v) is 11.7. The van der Waals surface area contributed by atoms with Gasteiger partial charge in [-0.2, -0.15) is 0 Å². The molecule has 0 unspecified atom stereocenters. The molecular weight excluding hydrogens is 466 g/mol. The summed E-state index contributed by atoms with van der Waals surface area (Å²) in [4.78, 5) is 29.3. The second-order valence-electron chi connectivity index (χ2n) is 8.88. The standard InChI is InChI=1S/C28H28F2N2O4/c1-18-15-31(27(33)23-11-9-21(35-3)13-25(23)29)16-19(2)32(18)28(34)24-12-10-22(14-26(24)30)36-17-20-7-5-4-6-8-20/h4-14,18-19H,15-17H2,1-3H3/t18-,19-/m1/s1. The van der Waals surface area contributed by atoms with Gasteiger partial charge in [-0.05, 0) is 43.7 Å². The van der Waals surface area contributed by atoms with E-state index < -0.39 is 35.5 Å². The first-order valence-electron chi connectivity index (χ1n) is 11.7. The summed E-state index contributed by atoms with van der Waals surface area (Å²) in [6.45, 7) is 4.24. The van der Waals surface area contributed by atoms with Crippen molar-refractivity contribution in [2.45, 2.75) is 32.5 Å². The average Bonchev–Trinajstić information content (AvgIpc) is 2.87. The molecule has 4 rings (SSSR count). The van der Waals surface area contributed by atoms with E-state index in [1.165, 1.54) is 36.3 Å². The summed E-state index contributed by atoms with van der Waals surface area (Å²) in [5.41, 5.74) is 0.816. The van der Waals surface area contributed by atoms with E-state index in [2.05, 4.69) is 0 Å². The second-order valence-corrected chi connectivity index (χ2v) is 8.88. The Morgan fingerprint density at radius 2 is 1.39 bits per heavy atom. The van der Waals surface area contributed by atoms with Gasteiger partial charge in [0.15, 0.2) is 0 Å². The number of ether oxygens (including phenoxy) is 2. The Hall–Kier alpha value is -3.94. The van der Waals surface area contributed by atoms with Gasteiger partial charge in [-0.3, -0.25) is 9.59 Å². The summed E-state index contributed by atoms with van der Waals surface area (Å²) >= 11 is 0. The maximum Gasteiger partial charge on any atom is 0.257 e. The van der Waals surface area contributed by atoms with Crippen molar-refractivity contribution in [2.75, 3.05) is 20.2 Å². The highest BCUT2D eigenvalue weighted by Gasteiger charge is 2.36. The van der Waals surface area contributed by atoms with Gasteiger partial charge in [0.05, 0.1) is 18.2 Å². The fraction of sp³-hybridized carbons (Fsp3) is 0.286. The summed E-state index contributed by atoms with van der Waals surface area (Å²) < 4.78 is 40.0. The van der Waals surface area contributed by atoms with Gasteiger partial charge in [0, 0.05) is 37.3 Å². The third-order valence-electron chi connectivity index (χ3n) is 6.27. The first-order chi connectivity index (χ1) is 17.3. The van der Waals surface area contributed by atoms with Gasteiger partial charge >= 0.3 is 0 Å². The highest BCUT2D eigenvalue weighted by molar-refractivity contribution is 5.97. The van der Waals surface area contributed by atoms with Crippen LogP contribution in [0, 0.1) is 11.6 Å². The molecule has 8 heteroatoms. The summed E-state index contributed by atoms with van der Waals surface area (Å²) in [5.74, 6) is -1.64. The van der Waals surface area contributed by atoms with E-state index in [1.54, 1.807) is 24.8 Å². The normalized spacial score (nSPS) is 17.6. The number of piperazine rings is 1. The number of halogens is 2. The van der Waals surface area contributed by atoms with Crippen LogP contribution in [0.2, 0.25) is 0 Å². The van der Waals surface area contributed by atoms with Crippen LogP contribution in [0.1, 0.15) is 40.1 Å². The van der Waals surface area contributed by atoms with Crippen molar-refractivity contribution in [3.8, 4) is 11.5 Å². The Morgan fingerprint density at radius 1 is 0.833 bits per heavy atom. The van der Waals surface area contributed by atoms with Crippen molar-refractivity contribution in [1.29, 1.82) is 0 Å². The van der Waals surface area contributed by atoms with Crippen LogP contribution in [0.5, 0.6) is 11.5 Å². The van der Waals surface area contributed by atoms with E-state index in [0.717, 1.165) is 11.6 Å². The summed E-state index contributed by atoms with van der Waals surface area (Å²) in [6.07, 6.45) is 0. The van der Waals surface area contributed by atoms with Crippen molar-refractivity contribution in [2.24, 2.45) is 0 Å². The number of rotatable bonds is 6. The maximum absolute atomic E-state index is 14.9. The minimum Gasteiger partial charge on any atom is -0.497 e. The van der Waals surface area contributed by atoms with Crippen molar-refractivity contribution in [3.63, 3.8) is 0 Å². The lowest BCUT2D eigenvalue weighted by molar-refractivity contribution is 0.0249. The Morgan fingerprint density at radius 3 is 1.97 bits per heavy atom. The molecule has 1 aliphatic rings. The maximum atomic E-state index is 14.9. The second kappa shape index (κ2) is 10.8. The Kier molecular flexibility index (Phi) is 7.52. The van der Waals surface area contributed by atoms with E-state index in [1.807, 2.05) is 30.3 Å². The molecule has 0 saturated carbocycles. The summed E-state index contributed by atoms with van der Waals surface area (Å²) in [6, 6.07) is 17.0. The zero-order valence-electron chi connectivity index (χ0n) is 20.4. The van der Waals surface area contributed by atoms with Crippen molar-refractivity contribution in [3.05, 3.63) is 95.1 Å². The number of amides is 2. The van der Waals surface area contributed by atoms with Crippen molar-refractivity contribution < 1.29 is 27.8 Å². The predicted molar refractivity (Wildman–Crippen MR) is 131 cm³/mol. The zero-order chi connectivity index (χ0) is 25.8. The van der Waals surface area contributed by atoms with E-state index in [4.69, 9.17) is 9.47 Å². The van der Waals surface area contributed by atoms with E-state index in [-0.39, 0.29) is 30.8 Å². The van der Waals surface area contributed by atoms with Crippen LogP contribution < -0.4 is 9.47 Å². The number of benzene rings is 3. The molecule has 2 atom stereocenters. The SMILES string of the molecule is COc1ccc(C(=O)N2C[C@@H](C)N(C(=O)c3ccc(OCc4ccccc4)cc3F)[C@H](C)C2)c(F)c1. The van der Waals surface area contributed by atoms with Gasteiger partial charge in [0.25, 0.3) is 11.8 Å². The molecule has 0 radical (unpaired) electrons. The fourth-order valence-electron chi connectivity index (χ4n) is 4.49. The molecular formula is C28H28F2N2O4. The van der Waals surface area contributed by atoms with Crippen LogP contribution in [0.3, 0.4) is 0 Å². The molecule has 0 aromatic heterocycles. The molecule has 0 bridgehead atoms. The zero-order valence-corrected chi connectivity index (χ0v) is 20.4. The van der Waals surface area contributed by atoms with Gasteiger partial charge in [-0.15, -0.1) is 0 Å². The molecule has 1 heterocycles. The van der Waals surface area contributed by atoms with Gasteiger partial charge in [0.1, 0.15) is 29.7 Å². The van der Waals surface area contributed by atoms with Crippen LogP contribution in [0.15, 0.2) is 66.7 Å². The molecule has 0 aliphatic carbocycles. The first kappa shape index (κ1) is 25.2.